The van der Waals surface area contributed by atoms with E-state index in [2.05, 4.69) is 480 Å². The van der Waals surface area contributed by atoms with Gasteiger partial charge < -0.3 is 18.9 Å². The molecule has 2 unspecified atom stereocenters. The van der Waals surface area contributed by atoms with Crippen LogP contribution < -0.4 is 9.80 Å². The molecule has 4 nitrogen and oxygen atoms in total. The standard InChI is InChI=1S/C63H40N2S.C57H36N2S/c1-3-15-45(16-4-1)64(46-17-5-2-6-18-46)47-33-27-42(28-34-47)44-32-38-57-54(40-44)61-52-22-10-14-26-60(52)66-62(61)63(57)55-23-11-7-19-49(55)53-39-43(31-37-56(53)63)41-29-35-48(36-30-41)65-58-24-12-8-20-50(58)51-21-9-13-25-59(51)65;1-3-16-39(17-4-1)58(40-18-5-2-6-19-40)52-28-15-24-45-42-20-7-11-25-48(42)57(55(45)52)49-35-32-38(36-47(49)54-46-23-10-14-29-53(46)60-56(54)57)37-30-33-41(34-31-37)59-50-26-12-8-21-43(50)44-22-9-13-27-51(44)59/h1-40H;1-36H. The second-order valence-electron chi connectivity index (χ2n) is 33.6. The molecule has 0 bridgehead atoms. The van der Waals surface area contributed by atoms with E-state index in [1.807, 2.05) is 22.7 Å². The number of hydrogen-bond donors (Lipinski definition) is 0. The summed E-state index contributed by atoms with van der Waals surface area (Å²) in [7, 11) is 0. The summed E-state index contributed by atoms with van der Waals surface area (Å²) in [6.07, 6.45) is 0. The highest BCUT2D eigenvalue weighted by Crippen LogP contribution is 2.70. The number of para-hydroxylation sites is 8. The quantitative estimate of drug-likeness (QED) is 0.128. The van der Waals surface area contributed by atoms with Crippen molar-refractivity contribution in [3.63, 3.8) is 0 Å². The van der Waals surface area contributed by atoms with Crippen molar-refractivity contribution < 1.29 is 0 Å². The first-order valence-electron chi connectivity index (χ1n) is 43.4. The molecule has 0 fully saturated rings. The lowest BCUT2D eigenvalue weighted by Crippen LogP contribution is -2.27. The van der Waals surface area contributed by atoms with Crippen LogP contribution in [0, 0.1) is 0 Å². The van der Waals surface area contributed by atoms with E-state index in [1.54, 1.807) is 0 Å². The molecule has 2 spiro atoms. The number of aromatic nitrogens is 2. The fraction of sp³-hybridized carbons (Fsp3) is 0.0167. The Morgan fingerprint density at radius 2 is 0.500 bits per heavy atom. The van der Waals surface area contributed by atoms with Gasteiger partial charge in [0, 0.05) is 108 Å². The summed E-state index contributed by atoms with van der Waals surface area (Å²) >= 11 is 3.92. The highest BCUT2D eigenvalue weighted by molar-refractivity contribution is 7.20. The van der Waals surface area contributed by atoms with Gasteiger partial charge in [-0.15, -0.1) is 22.7 Å². The maximum Gasteiger partial charge on any atom is 0.0839 e. The second-order valence-corrected chi connectivity index (χ2v) is 35.7. The molecule has 4 aliphatic rings. The number of benzene rings is 19. The number of fused-ring (bicyclic) bond motifs is 30. The van der Waals surface area contributed by atoms with E-state index in [0.29, 0.717) is 0 Å². The number of rotatable bonds is 11. The topological polar surface area (TPSA) is 16.3 Å². The molecule has 0 amide bonds. The molecule has 0 aliphatic heterocycles. The van der Waals surface area contributed by atoms with Crippen molar-refractivity contribution in [3.8, 4) is 89.3 Å². The largest absolute Gasteiger partial charge is 0.311 e. The van der Waals surface area contributed by atoms with Crippen molar-refractivity contribution in [1.29, 1.82) is 0 Å². The molecule has 588 valence electrons. The molecule has 19 aromatic carbocycles. The van der Waals surface area contributed by atoms with Crippen molar-refractivity contribution in [3.05, 3.63) is 504 Å². The van der Waals surface area contributed by atoms with E-state index in [-0.39, 0.29) is 0 Å². The smallest absolute Gasteiger partial charge is 0.0839 e. The van der Waals surface area contributed by atoms with E-state index in [4.69, 9.17) is 0 Å². The molecule has 2 atom stereocenters. The van der Waals surface area contributed by atoms with Crippen LogP contribution in [0.2, 0.25) is 0 Å². The number of hydrogen-bond acceptors (Lipinski definition) is 4. The third kappa shape index (κ3) is 10.6. The molecule has 0 radical (unpaired) electrons. The fourth-order valence-electron chi connectivity index (χ4n) is 21.9. The van der Waals surface area contributed by atoms with Gasteiger partial charge in [-0.3, -0.25) is 0 Å². The van der Waals surface area contributed by atoms with Gasteiger partial charge in [0.2, 0.25) is 0 Å². The van der Waals surface area contributed by atoms with Crippen LogP contribution in [0.1, 0.15) is 43.1 Å². The zero-order chi connectivity index (χ0) is 82.7. The Morgan fingerprint density at radius 1 is 0.198 bits per heavy atom. The second kappa shape index (κ2) is 28.4. The summed E-state index contributed by atoms with van der Waals surface area (Å²) in [6.45, 7) is 0. The van der Waals surface area contributed by atoms with Gasteiger partial charge >= 0.3 is 0 Å². The fourth-order valence-corrected chi connectivity index (χ4v) is 24.8. The van der Waals surface area contributed by atoms with Crippen LogP contribution in [0.15, 0.2) is 461 Å². The maximum atomic E-state index is 2.48. The van der Waals surface area contributed by atoms with Gasteiger partial charge in [0.15, 0.2) is 0 Å². The first-order valence-corrected chi connectivity index (χ1v) is 45.1. The summed E-state index contributed by atoms with van der Waals surface area (Å²) in [4.78, 5) is 7.60. The first-order chi connectivity index (χ1) is 62.5. The highest BCUT2D eigenvalue weighted by atomic mass is 32.1. The van der Waals surface area contributed by atoms with Crippen LogP contribution >= 0.6 is 22.7 Å². The minimum Gasteiger partial charge on any atom is -0.311 e. The molecule has 0 saturated carbocycles. The monoisotopic (exact) mass is 1640 g/mol. The molecule has 27 rings (SSSR count). The first kappa shape index (κ1) is 72.0. The average molecular weight is 1640 g/mol. The van der Waals surface area contributed by atoms with Gasteiger partial charge in [0.1, 0.15) is 0 Å². The Labute approximate surface area is 738 Å². The highest BCUT2D eigenvalue weighted by Gasteiger charge is 2.56. The van der Waals surface area contributed by atoms with Crippen molar-refractivity contribution in [2.75, 3.05) is 9.80 Å². The number of anilines is 6. The predicted octanol–water partition coefficient (Wildman–Crippen LogP) is 32.6. The van der Waals surface area contributed by atoms with Crippen LogP contribution in [0.25, 0.3) is 153 Å². The summed E-state index contributed by atoms with van der Waals surface area (Å²) in [6, 6.07) is 170. The van der Waals surface area contributed by atoms with Gasteiger partial charge in [-0.1, -0.05) is 315 Å². The third-order valence-corrected chi connectivity index (χ3v) is 29.8. The van der Waals surface area contributed by atoms with Crippen LogP contribution in [0.3, 0.4) is 0 Å². The van der Waals surface area contributed by atoms with Gasteiger partial charge in [-0.25, -0.2) is 0 Å². The molecule has 126 heavy (non-hydrogen) atoms. The van der Waals surface area contributed by atoms with Crippen LogP contribution in [0.5, 0.6) is 0 Å². The number of thiophene rings is 2. The minimum atomic E-state index is -0.516. The Kier molecular flexibility index (Phi) is 16.2. The molecule has 6 heteroatoms. The van der Waals surface area contributed by atoms with E-state index in [0.717, 1.165) is 39.8 Å². The van der Waals surface area contributed by atoms with Crippen molar-refractivity contribution in [2.45, 2.75) is 10.8 Å². The summed E-state index contributed by atoms with van der Waals surface area (Å²) < 4.78 is 7.43. The Balaban J connectivity index is 0.000000135. The predicted molar refractivity (Wildman–Crippen MR) is 531 cm³/mol. The van der Waals surface area contributed by atoms with Crippen LogP contribution in [-0.4, -0.2) is 9.13 Å². The molecular weight excluding hydrogens is 1560 g/mol. The lowest BCUT2D eigenvalue weighted by Gasteiger charge is -2.35. The molecule has 4 aliphatic carbocycles. The average Bonchev–Trinajstić information content (AvgIpc) is 1.50. The van der Waals surface area contributed by atoms with Crippen LogP contribution in [-0.2, 0) is 10.8 Å². The molecular formula is C120H76N4S2. The van der Waals surface area contributed by atoms with E-state index in [1.165, 1.54) is 190 Å². The molecule has 0 N–H and O–H groups in total. The summed E-state index contributed by atoms with van der Waals surface area (Å²) in [5.74, 6) is 0. The molecule has 4 aromatic heterocycles. The number of nitrogens with zero attached hydrogens (tertiary/aromatic N) is 4. The lowest BCUT2D eigenvalue weighted by atomic mass is 9.73. The van der Waals surface area contributed by atoms with Gasteiger partial charge in [0.05, 0.1) is 38.6 Å². The molecule has 0 saturated heterocycles. The Bertz CT molecular complexity index is 8140. The zero-order valence-electron chi connectivity index (χ0n) is 68.5. The lowest BCUT2D eigenvalue weighted by molar-refractivity contribution is 0.810. The summed E-state index contributed by atoms with van der Waals surface area (Å²) in [5, 5.41) is 7.75. The van der Waals surface area contributed by atoms with Crippen molar-refractivity contribution >= 4 is 121 Å². The maximum absolute atomic E-state index is 2.48. The van der Waals surface area contributed by atoms with Gasteiger partial charge in [0.25, 0.3) is 0 Å². The van der Waals surface area contributed by atoms with Gasteiger partial charge in [-0.2, -0.15) is 0 Å². The van der Waals surface area contributed by atoms with E-state index in [9.17, 15) is 0 Å². The van der Waals surface area contributed by atoms with Crippen LogP contribution in [0.4, 0.5) is 34.1 Å². The van der Waals surface area contributed by atoms with E-state index >= 15 is 0 Å². The normalized spacial score (nSPS) is 14.6. The van der Waals surface area contributed by atoms with Crippen molar-refractivity contribution in [2.24, 2.45) is 0 Å². The van der Waals surface area contributed by atoms with E-state index < -0.39 is 10.8 Å². The third-order valence-electron chi connectivity index (χ3n) is 27.2. The SMILES string of the molecule is c1ccc(N(c2ccccc2)c2ccc(-c3ccc4c(c3)-c3c(sc5ccccc35)C43c4ccccc4-c4cc(-c5ccc(-n6c7ccccc7c7ccccc76)cc5)ccc43)cc2)cc1.c1ccc(N(c2ccccc2)c2cccc3c2C2(c4ccccc4-3)c3ccc(-c4ccc(-n5c6ccccc6c6ccccc65)cc4)cc3-c3c2sc2ccccc32)cc1. The molecule has 23 aromatic rings. The Hall–Kier alpha value is -15.7. The Morgan fingerprint density at radius 3 is 0.944 bits per heavy atom. The minimum absolute atomic E-state index is 0.423. The van der Waals surface area contributed by atoms with Gasteiger partial charge in [-0.05, 0) is 240 Å². The summed E-state index contributed by atoms with van der Waals surface area (Å²) in [5.41, 5.74) is 39.1. The molecule has 4 heterocycles. The van der Waals surface area contributed by atoms with Crippen molar-refractivity contribution in [1.82, 2.24) is 9.13 Å². The zero-order valence-corrected chi connectivity index (χ0v) is 70.1.